The van der Waals surface area contributed by atoms with Gasteiger partial charge in [-0.1, -0.05) is 11.6 Å². The van der Waals surface area contributed by atoms with E-state index in [4.69, 9.17) is 16.0 Å². The van der Waals surface area contributed by atoms with Crippen molar-refractivity contribution in [2.75, 3.05) is 5.32 Å². The number of hydrogen-bond donors (Lipinski definition) is 1. The summed E-state index contributed by atoms with van der Waals surface area (Å²) in [4.78, 5) is 32.7. The van der Waals surface area contributed by atoms with Crippen LogP contribution in [0.15, 0.2) is 45.4 Å². The molecule has 11 nitrogen and oxygen atoms in total. The van der Waals surface area contributed by atoms with E-state index in [1.165, 1.54) is 35.1 Å². The molecule has 0 atom stereocenters. The van der Waals surface area contributed by atoms with Crippen molar-refractivity contribution in [3.05, 3.63) is 77.8 Å². The van der Waals surface area contributed by atoms with Gasteiger partial charge in [0, 0.05) is 12.1 Å². The van der Waals surface area contributed by atoms with Crippen LogP contribution in [0.25, 0.3) is 0 Å². The summed E-state index contributed by atoms with van der Waals surface area (Å²) in [6.07, 6.45) is 1.41. The number of carbonyl (C=O) groups is 1. The van der Waals surface area contributed by atoms with Crippen molar-refractivity contribution in [1.82, 2.24) is 9.78 Å². The molecular formula is C15H9BrClN5O6. The van der Waals surface area contributed by atoms with Crippen LogP contribution in [0.1, 0.15) is 16.3 Å². The largest absolute Gasteiger partial charge is 0.454 e. The molecule has 144 valence electrons. The average molecular weight is 471 g/mol. The van der Waals surface area contributed by atoms with Crippen molar-refractivity contribution in [2.45, 2.75) is 6.54 Å². The van der Waals surface area contributed by atoms with Gasteiger partial charge < -0.3 is 19.8 Å². The highest BCUT2D eigenvalue weighted by Gasteiger charge is 2.20. The maximum Gasteiger partial charge on any atom is 0.404 e. The molecule has 1 N–H and O–H groups in total. The highest BCUT2D eigenvalue weighted by atomic mass is 79.9. The Bertz CT molecular complexity index is 1090. The lowest BCUT2D eigenvalue weighted by atomic mass is 10.2. The maximum absolute atomic E-state index is 12.3. The first-order valence-electron chi connectivity index (χ1n) is 7.46. The number of rotatable bonds is 6. The van der Waals surface area contributed by atoms with Crippen LogP contribution >= 0.6 is 27.5 Å². The molecule has 0 saturated heterocycles. The predicted molar refractivity (Wildman–Crippen MR) is 100 cm³/mol. The fourth-order valence-corrected chi connectivity index (χ4v) is 2.87. The molecule has 1 aromatic carbocycles. The summed E-state index contributed by atoms with van der Waals surface area (Å²) in [5.74, 6) is -0.760. The second-order valence-electron chi connectivity index (χ2n) is 5.40. The van der Waals surface area contributed by atoms with Crippen molar-refractivity contribution < 1.29 is 19.1 Å². The number of aromatic nitrogens is 2. The van der Waals surface area contributed by atoms with E-state index >= 15 is 0 Å². The minimum absolute atomic E-state index is 0.0529. The molecule has 13 heteroatoms. The Morgan fingerprint density at radius 1 is 1.25 bits per heavy atom. The standard InChI is InChI=1S/C15H9BrClN5O6/c16-10-7-20(19-14(10)22(26)27)6-9-2-4-13(28-9)15(23)18-12-5-8(21(24)25)1-3-11(12)17/h1-5,7H,6H2,(H,18,23). The lowest BCUT2D eigenvalue weighted by Crippen LogP contribution is -2.11. The average Bonchev–Trinajstić information content (AvgIpc) is 3.23. The van der Waals surface area contributed by atoms with Crippen molar-refractivity contribution in [3.8, 4) is 0 Å². The van der Waals surface area contributed by atoms with Gasteiger partial charge in [0.25, 0.3) is 11.6 Å². The van der Waals surface area contributed by atoms with Gasteiger partial charge in [0.15, 0.2) is 5.76 Å². The fourth-order valence-electron chi connectivity index (χ4n) is 2.24. The van der Waals surface area contributed by atoms with Crippen LogP contribution in [0, 0.1) is 20.2 Å². The summed E-state index contributed by atoms with van der Waals surface area (Å²) in [5, 5.41) is 28.0. The Kier molecular flexibility index (Phi) is 5.42. The monoisotopic (exact) mass is 469 g/mol. The lowest BCUT2D eigenvalue weighted by Gasteiger charge is -2.05. The third kappa shape index (κ3) is 4.18. The number of furan rings is 1. The normalized spacial score (nSPS) is 10.6. The third-order valence-electron chi connectivity index (χ3n) is 3.48. The molecule has 2 aromatic heterocycles. The van der Waals surface area contributed by atoms with E-state index in [0.717, 1.165) is 6.07 Å². The van der Waals surface area contributed by atoms with Crippen LogP contribution in [-0.4, -0.2) is 25.5 Å². The first-order chi connectivity index (χ1) is 13.2. The molecule has 0 bridgehead atoms. The molecule has 0 radical (unpaired) electrons. The molecule has 0 fully saturated rings. The summed E-state index contributed by atoms with van der Waals surface area (Å²) < 4.78 is 6.90. The van der Waals surface area contributed by atoms with E-state index in [9.17, 15) is 25.0 Å². The number of nitrogens with one attached hydrogen (secondary N) is 1. The first kappa shape index (κ1) is 19.5. The number of anilines is 1. The number of nitrogens with zero attached hydrogens (tertiary/aromatic N) is 4. The van der Waals surface area contributed by atoms with Crippen LogP contribution < -0.4 is 5.32 Å². The number of non-ortho nitro benzene ring substituents is 1. The lowest BCUT2D eigenvalue weighted by molar-refractivity contribution is -0.390. The van der Waals surface area contributed by atoms with Gasteiger partial charge in [-0.3, -0.25) is 14.9 Å². The molecule has 3 aromatic rings. The molecule has 28 heavy (non-hydrogen) atoms. The molecule has 2 heterocycles. The van der Waals surface area contributed by atoms with E-state index in [-0.39, 0.29) is 39.0 Å². The van der Waals surface area contributed by atoms with Crippen LogP contribution in [0.5, 0.6) is 0 Å². The van der Waals surface area contributed by atoms with Gasteiger partial charge in [0.05, 0.1) is 26.9 Å². The second kappa shape index (κ2) is 7.78. The number of nitro benzene ring substituents is 1. The molecule has 0 aliphatic carbocycles. The third-order valence-corrected chi connectivity index (χ3v) is 4.37. The zero-order valence-corrected chi connectivity index (χ0v) is 16.0. The summed E-state index contributed by atoms with van der Waals surface area (Å²) in [7, 11) is 0. The molecule has 0 unspecified atom stereocenters. The summed E-state index contributed by atoms with van der Waals surface area (Å²) in [6.45, 7) is 0.0529. The Morgan fingerprint density at radius 2 is 2.00 bits per heavy atom. The van der Waals surface area contributed by atoms with Gasteiger partial charge in [0.1, 0.15) is 16.8 Å². The molecule has 0 spiro atoms. The number of benzene rings is 1. The number of hydrogen-bond acceptors (Lipinski definition) is 7. The van der Waals surface area contributed by atoms with Crippen molar-refractivity contribution >= 4 is 50.6 Å². The molecule has 0 aliphatic heterocycles. The Morgan fingerprint density at radius 3 is 2.64 bits per heavy atom. The molecule has 3 rings (SSSR count). The summed E-state index contributed by atoms with van der Waals surface area (Å²) in [6, 6.07) is 6.54. The highest BCUT2D eigenvalue weighted by Crippen LogP contribution is 2.27. The fraction of sp³-hybridized carbons (Fsp3) is 0.0667. The van der Waals surface area contributed by atoms with Crippen LogP contribution in [0.3, 0.4) is 0 Å². The van der Waals surface area contributed by atoms with Crippen molar-refractivity contribution in [3.63, 3.8) is 0 Å². The predicted octanol–water partition coefficient (Wildman–Crippen LogP) is 4.01. The minimum atomic E-state index is -0.665. The van der Waals surface area contributed by atoms with Gasteiger partial charge in [0.2, 0.25) is 0 Å². The highest BCUT2D eigenvalue weighted by molar-refractivity contribution is 9.10. The molecule has 0 saturated carbocycles. The first-order valence-corrected chi connectivity index (χ1v) is 8.63. The maximum atomic E-state index is 12.3. The van der Waals surface area contributed by atoms with E-state index in [0.29, 0.717) is 5.76 Å². The molecular weight excluding hydrogens is 462 g/mol. The molecule has 0 aliphatic rings. The summed E-state index contributed by atoms with van der Waals surface area (Å²) in [5.41, 5.74) is -0.170. The van der Waals surface area contributed by atoms with Crippen molar-refractivity contribution in [1.29, 1.82) is 0 Å². The zero-order valence-electron chi connectivity index (χ0n) is 13.7. The van der Waals surface area contributed by atoms with E-state index in [1.807, 2.05) is 0 Å². The number of carbonyl (C=O) groups excluding carboxylic acids is 1. The smallest absolute Gasteiger partial charge is 0.404 e. The van der Waals surface area contributed by atoms with E-state index < -0.39 is 15.8 Å². The van der Waals surface area contributed by atoms with Crippen molar-refractivity contribution in [2.24, 2.45) is 0 Å². The minimum Gasteiger partial charge on any atom is -0.454 e. The Balaban J connectivity index is 1.74. The van der Waals surface area contributed by atoms with Crippen LogP contribution in [-0.2, 0) is 6.54 Å². The number of halogens is 2. The second-order valence-corrected chi connectivity index (χ2v) is 6.66. The number of amides is 1. The number of nitro groups is 2. The molecule has 1 amide bonds. The quantitative estimate of drug-likeness (QED) is 0.423. The topological polar surface area (TPSA) is 146 Å². The van der Waals surface area contributed by atoms with E-state index in [2.05, 4.69) is 26.3 Å². The van der Waals surface area contributed by atoms with Gasteiger partial charge in [-0.05, 0) is 39.1 Å². The van der Waals surface area contributed by atoms with Crippen LogP contribution in [0.4, 0.5) is 17.2 Å². The SMILES string of the molecule is O=C(Nc1cc([N+](=O)[O-])ccc1Cl)c1ccc(Cn2cc(Br)c([N+](=O)[O-])n2)o1. The van der Waals surface area contributed by atoms with Gasteiger partial charge in [-0.15, -0.1) is 0 Å². The zero-order chi connectivity index (χ0) is 20.4. The summed E-state index contributed by atoms with van der Waals surface area (Å²) >= 11 is 8.99. The van der Waals surface area contributed by atoms with Gasteiger partial charge in [-0.2, -0.15) is 4.68 Å². The van der Waals surface area contributed by atoms with Crippen LogP contribution in [0.2, 0.25) is 5.02 Å². The van der Waals surface area contributed by atoms with Gasteiger partial charge in [-0.25, -0.2) is 0 Å². The Hall–Kier alpha value is -3.25. The van der Waals surface area contributed by atoms with E-state index in [1.54, 1.807) is 0 Å². The van der Waals surface area contributed by atoms with Gasteiger partial charge >= 0.3 is 5.82 Å². The Labute approximate surface area is 169 Å².